The molecule has 3 heterocycles. The van der Waals surface area contributed by atoms with Crippen LogP contribution < -0.4 is 0 Å². The van der Waals surface area contributed by atoms with Gasteiger partial charge in [0.1, 0.15) is 5.92 Å². The van der Waals surface area contributed by atoms with E-state index >= 15 is 0 Å². The molecule has 0 spiro atoms. The standard InChI is InChI=1S/C14H9N3OS/c15-8-10(13-5-3-7-19-13)14(18)11-9-16-17-6-2-1-4-12(11)17/h1-7,9-10H. The van der Waals surface area contributed by atoms with Crippen LogP contribution in [0.3, 0.4) is 0 Å². The van der Waals surface area contributed by atoms with Crippen molar-refractivity contribution in [3.05, 3.63) is 58.5 Å². The molecule has 5 heteroatoms. The van der Waals surface area contributed by atoms with E-state index < -0.39 is 5.92 Å². The first-order valence-electron chi connectivity index (χ1n) is 5.71. The third-order valence-corrected chi connectivity index (χ3v) is 3.85. The lowest BCUT2D eigenvalue weighted by Gasteiger charge is -2.04. The van der Waals surface area contributed by atoms with Gasteiger partial charge in [0.2, 0.25) is 0 Å². The third kappa shape index (κ3) is 1.92. The molecule has 0 N–H and O–H groups in total. The maximum Gasteiger partial charge on any atom is 0.189 e. The molecular formula is C14H9N3OS. The van der Waals surface area contributed by atoms with E-state index in [1.165, 1.54) is 17.5 Å². The number of fused-ring (bicyclic) bond motifs is 1. The van der Waals surface area contributed by atoms with E-state index in [4.69, 9.17) is 0 Å². The minimum Gasteiger partial charge on any atom is -0.292 e. The number of ketones is 1. The first-order valence-corrected chi connectivity index (χ1v) is 6.59. The molecule has 0 aliphatic heterocycles. The number of carbonyl (C=O) groups excluding carboxylic acids is 1. The highest BCUT2D eigenvalue weighted by molar-refractivity contribution is 7.10. The van der Waals surface area contributed by atoms with Crippen LogP contribution in [0, 0.1) is 11.3 Å². The number of nitriles is 1. The van der Waals surface area contributed by atoms with E-state index in [1.807, 2.05) is 35.7 Å². The Hall–Kier alpha value is -2.45. The highest BCUT2D eigenvalue weighted by atomic mass is 32.1. The van der Waals surface area contributed by atoms with Crippen LogP contribution in [0.2, 0.25) is 0 Å². The highest BCUT2D eigenvalue weighted by Crippen LogP contribution is 2.26. The lowest BCUT2D eigenvalue weighted by Crippen LogP contribution is -2.09. The van der Waals surface area contributed by atoms with Crippen LogP contribution >= 0.6 is 11.3 Å². The number of hydrogen-bond acceptors (Lipinski definition) is 4. The molecule has 0 saturated carbocycles. The van der Waals surface area contributed by atoms with E-state index in [2.05, 4.69) is 11.2 Å². The number of thiophene rings is 1. The van der Waals surface area contributed by atoms with Crippen LogP contribution in [0.5, 0.6) is 0 Å². The fourth-order valence-corrected chi connectivity index (χ4v) is 2.75. The van der Waals surface area contributed by atoms with Gasteiger partial charge < -0.3 is 0 Å². The number of nitrogens with zero attached hydrogens (tertiary/aromatic N) is 3. The van der Waals surface area contributed by atoms with E-state index in [-0.39, 0.29) is 5.78 Å². The van der Waals surface area contributed by atoms with Crippen molar-refractivity contribution in [1.82, 2.24) is 9.61 Å². The Morgan fingerprint density at radius 3 is 3.00 bits per heavy atom. The molecule has 3 rings (SSSR count). The number of rotatable bonds is 3. The molecule has 3 aromatic heterocycles. The van der Waals surface area contributed by atoms with Gasteiger partial charge >= 0.3 is 0 Å². The molecule has 0 bridgehead atoms. The Balaban J connectivity index is 2.07. The zero-order valence-corrected chi connectivity index (χ0v) is 10.7. The fraction of sp³-hybridized carbons (Fsp3) is 0.0714. The van der Waals surface area contributed by atoms with E-state index in [1.54, 1.807) is 10.7 Å². The monoisotopic (exact) mass is 267 g/mol. The van der Waals surface area contributed by atoms with Crippen LogP contribution in [0.4, 0.5) is 0 Å². The predicted octanol–water partition coefficient (Wildman–Crippen LogP) is 2.89. The van der Waals surface area contributed by atoms with Crippen LogP contribution in [-0.4, -0.2) is 15.4 Å². The molecule has 0 fully saturated rings. The Morgan fingerprint density at radius 1 is 1.37 bits per heavy atom. The average molecular weight is 267 g/mol. The zero-order chi connectivity index (χ0) is 13.2. The molecule has 0 aliphatic carbocycles. The van der Waals surface area contributed by atoms with Crippen molar-refractivity contribution >= 4 is 22.6 Å². The second-order valence-corrected chi connectivity index (χ2v) is 5.01. The molecular weight excluding hydrogens is 258 g/mol. The Labute approximate surface area is 113 Å². The number of pyridine rings is 1. The number of Topliss-reactive ketones (excluding diaryl/α,β-unsaturated/α-hetero) is 1. The molecule has 3 aromatic rings. The first kappa shape index (κ1) is 11.6. The number of carbonyl (C=O) groups is 1. The summed E-state index contributed by atoms with van der Waals surface area (Å²) in [5.74, 6) is -0.959. The molecule has 1 unspecified atom stereocenters. The van der Waals surface area contributed by atoms with Gasteiger partial charge in [-0.3, -0.25) is 4.79 Å². The molecule has 4 nitrogen and oxygen atoms in total. The molecule has 1 atom stereocenters. The summed E-state index contributed by atoms with van der Waals surface area (Å²) < 4.78 is 1.64. The van der Waals surface area contributed by atoms with Crippen LogP contribution in [0.25, 0.3) is 5.52 Å². The van der Waals surface area contributed by atoms with Gasteiger partial charge in [-0.05, 0) is 23.6 Å². The van der Waals surface area contributed by atoms with Gasteiger partial charge in [-0.15, -0.1) is 11.3 Å². The Bertz CT molecular complexity index is 767. The van der Waals surface area contributed by atoms with Gasteiger partial charge in [0, 0.05) is 11.1 Å². The molecule has 19 heavy (non-hydrogen) atoms. The predicted molar refractivity (Wildman–Crippen MR) is 72.2 cm³/mol. The smallest absolute Gasteiger partial charge is 0.189 e. The van der Waals surface area contributed by atoms with Gasteiger partial charge in [0.05, 0.1) is 23.3 Å². The van der Waals surface area contributed by atoms with Gasteiger partial charge in [-0.25, -0.2) is 4.52 Å². The maximum absolute atomic E-state index is 12.5. The molecule has 0 aliphatic rings. The fourth-order valence-electron chi connectivity index (χ4n) is 1.99. The van der Waals surface area contributed by atoms with Gasteiger partial charge in [-0.1, -0.05) is 12.1 Å². The molecule has 92 valence electrons. The largest absolute Gasteiger partial charge is 0.292 e. The minimum absolute atomic E-state index is 0.203. The van der Waals surface area contributed by atoms with E-state index in [0.29, 0.717) is 5.56 Å². The van der Waals surface area contributed by atoms with E-state index in [0.717, 1.165) is 10.4 Å². The quantitative estimate of drug-likeness (QED) is 0.685. The lowest BCUT2D eigenvalue weighted by molar-refractivity contribution is 0.0981. The van der Waals surface area contributed by atoms with Crippen LogP contribution in [0.15, 0.2) is 48.1 Å². The van der Waals surface area contributed by atoms with Crippen molar-refractivity contribution in [2.75, 3.05) is 0 Å². The van der Waals surface area contributed by atoms with Gasteiger partial charge in [-0.2, -0.15) is 10.4 Å². The summed E-state index contributed by atoms with van der Waals surface area (Å²) in [4.78, 5) is 13.2. The van der Waals surface area contributed by atoms with Crippen molar-refractivity contribution in [1.29, 1.82) is 5.26 Å². The maximum atomic E-state index is 12.5. The number of hydrogen-bond donors (Lipinski definition) is 0. The summed E-state index contributed by atoms with van der Waals surface area (Å²) >= 11 is 1.42. The second kappa shape index (κ2) is 4.67. The minimum atomic E-state index is -0.756. The van der Waals surface area contributed by atoms with Crippen LogP contribution in [-0.2, 0) is 0 Å². The summed E-state index contributed by atoms with van der Waals surface area (Å²) in [6.45, 7) is 0. The second-order valence-electron chi connectivity index (χ2n) is 4.03. The average Bonchev–Trinajstić information content (AvgIpc) is 3.08. The van der Waals surface area contributed by atoms with Crippen molar-refractivity contribution in [2.45, 2.75) is 5.92 Å². The molecule has 0 radical (unpaired) electrons. The highest BCUT2D eigenvalue weighted by Gasteiger charge is 2.25. The first-order chi connectivity index (χ1) is 9.31. The summed E-state index contributed by atoms with van der Waals surface area (Å²) in [6, 6.07) is 11.2. The van der Waals surface area contributed by atoms with Gasteiger partial charge in [0.25, 0.3) is 0 Å². The van der Waals surface area contributed by atoms with Gasteiger partial charge in [0.15, 0.2) is 5.78 Å². The van der Waals surface area contributed by atoms with Crippen LogP contribution in [0.1, 0.15) is 21.2 Å². The summed E-state index contributed by atoms with van der Waals surface area (Å²) in [5, 5.41) is 15.2. The lowest BCUT2D eigenvalue weighted by atomic mass is 9.98. The third-order valence-electron chi connectivity index (χ3n) is 2.91. The van der Waals surface area contributed by atoms with E-state index in [9.17, 15) is 10.1 Å². The SMILES string of the molecule is N#CC(C(=O)c1cnn2ccccc12)c1cccs1. The topological polar surface area (TPSA) is 58.2 Å². The molecule has 0 aromatic carbocycles. The normalized spacial score (nSPS) is 12.2. The molecule has 0 saturated heterocycles. The van der Waals surface area contributed by atoms with Crippen molar-refractivity contribution < 1.29 is 4.79 Å². The zero-order valence-electron chi connectivity index (χ0n) is 9.85. The molecule has 0 amide bonds. The number of aromatic nitrogens is 2. The summed E-state index contributed by atoms with van der Waals surface area (Å²) in [5.41, 5.74) is 1.21. The summed E-state index contributed by atoms with van der Waals surface area (Å²) in [6.07, 6.45) is 3.30. The summed E-state index contributed by atoms with van der Waals surface area (Å²) in [7, 11) is 0. The van der Waals surface area contributed by atoms with Crippen molar-refractivity contribution in [2.24, 2.45) is 0 Å². The Morgan fingerprint density at radius 2 is 2.26 bits per heavy atom. The Kier molecular flexibility index (Phi) is 2.86. The van der Waals surface area contributed by atoms with Crippen molar-refractivity contribution in [3.63, 3.8) is 0 Å². The van der Waals surface area contributed by atoms with Crippen molar-refractivity contribution in [3.8, 4) is 6.07 Å².